The fourth-order valence-corrected chi connectivity index (χ4v) is 3.44. The minimum atomic E-state index is -0.769. The predicted octanol–water partition coefficient (Wildman–Crippen LogP) is 4.92. The molecular formula is C21H25F2NO. The van der Waals surface area contributed by atoms with Crippen LogP contribution >= 0.6 is 0 Å². The van der Waals surface area contributed by atoms with E-state index in [2.05, 4.69) is 17.9 Å². The molecule has 0 amide bonds. The lowest BCUT2D eigenvalue weighted by molar-refractivity contribution is 0.192. The van der Waals surface area contributed by atoms with E-state index >= 15 is 0 Å². The van der Waals surface area contributed by atoms with Gasteiger partial charge in [0, 0.05) is 6.54 Å². The van der Waals surface area contributed by atoms with Gasteiger partial charge in [-0.25, -0.2) is 8.78 Å². The lowest BCUT2D eigenvalue weighted by atomic mass is 9.89. The highest BCUT2D eigenvalue weighted by molar-refractivity contribution is 5.31. The summed E-state index contributed by atoms with van der Waals surface area (Å²) in [7, 11) is 0. The first-order valence-corrected chi connectivity index (χ1v) is 8.99. The zero-order chi connectivity index (χ0) is 17.6. The molecule has 25 heavy (non-hydrogen) atoms. The summed E-state index contributed by atoms with van der Waals surface area (Å²) in [5.41, 5.74) is 2.08. The van der Waals surface area contributed by atoms with Crippen LogP contribution < -0.4 is 4.74 Å². The molecular weight excluding hydrogens is 320 g/mol. The summed E-state index contributed by atoms with van der Waals surface area (Å²) in [6.45, 7) is 5.77. The molecule has 0 aromatic heterocycles. The van der Waals surface area contributed by atoms with Gasteiger partial charge in [0.2, 0.25) is 0 Å². The number of ether oxygens (including phenoxy) is 1. The van der Waals surface area contributed by atoms with E-state index in [9.17, 15) is 8.78 Å². The van der Waals surface area contributed by atoms with Crippen LogP contribution in [0.3, 0.4) is 0 Å². The van der Waals surface area contributed by atoms with E-state index in [1.165, 1.54) is 12.1 Å². The van der Waals surface area contributed by atoms with Crippen LogP contribution in [0.15, 0.2) is 42.5 Å². The van der Waals surface area contributed by atoms with Gasteiger partial charge in [0.15, 0.2) is 11.6 Å². The van der Waals surface area contributed by atoms with Crippen molar-refractivity contribution in [2.45, 2.75) is 32.1 Å². The molecule has 3 rings (SSSR count). The summed E-state index contributed by atoms with van der Waals surface area (Å²) in [5.74, 6) is -0.225. The average molecular weight is 345 g/mol. The fourth-order valence-electron chi connectivity index (χ4n) is 3.44. The lowest BCUT2D eigenvalue weighted by Crippen LogP contribution is -2.34. The minimum Gasteiger partial charge on any atom is -0.493 e. The highest BCUT2D eigenvalue weighted by Gasteiger charge is 2.21. The monoisotopic (exact) mass is 345 g/mol. The van der Waals surface area contributed by atoms with Gasteiger partial charge in [0.1, 0.15) is 5.75 Å². The molecule has 1 fully saturated rings. The highest BCUT2D eigenvalue weighted by Crippen LogP contribution is 2.29. The van der Waals surface area contributed by atoms with Gasteiger partial charge >= 0.3 is 0 Å². The van der Waals surface area contributed by atoms with Crippen molar-refractivity contribution in [3.63, 3.8) is 0 Å². The Morgan fingerprint density at radius 1 is 1.04 bits per heavy atom. The number of benzene rings is 2. The van der Waals surface area contributed by atoms with Crippen molar-refractivity contribution in [3.8, 4) is 5.75 Å². The number of para-hydroxylation sites is 1. The van der Waals surface area contributed by atoms with Crippen molar-refractivity contribution in [3.05, 3.63) is 65.2 Å². The molecule has 0 spiro atoms. The summed E-state index contributed by atoms with van der Waals surface area (Å²) >= 11 is 0. The van der Waals surface area contributed by atoms with Gasteiger partial charge in [0.05, 0.1) is 6.61 Å². The third-order valence-corrected chi connectivity index (χ3v) is 4.97. The Bertz CT molecular complexity index is 696. The number of rotatable bonds is 6. The van der Waals surface area contributed by atoms with Crippen LogP contribution in [0.4, 0.5) is 8.78 Å². The minimum absolute atomic E-state index is 0.328. The number of hydrogen-bond acceptors (Lipinski definition) is 2. The van der Waals surface area contributed by atoms with E-state index < -0.39 is 11.6 Å². The molecule has 0 saturated carbocycles. The van der Waals surface area contributed by atoms with Crippen molar-refractivity contribution in [1.82, 2.24) is 4.90 Å². The largest absolute Gasteiger partial charge is 0.493 e. The van der Waals surface area contributed by atoms with Crippen molar-refractivity contribution in [1.29, 1.82) is 0 Å². The zero-order valence-electron chi connectivity index (χ0n) is 14.7. The molecule has 4 heteroatoms. The molecule has 0 radical (unpaired) electrons. The van der Waals surface area contributed by atoms with Crippen LogP contribution in [0.2, 0.25) is 0 Å². The summed E-state index contributed by atoms with van der Waals surface area (Å²) in [6.07, 6.45) is 2.97. The van der Waals surface area contributed by atoms with Gasteiger partial charge < -0.3 is 9.64 Å². The SMILES string of the molecule is Cc1ccccc1OCCCN1CCC(c2ccc(F)c(F)c2)CC1. The maximum atomic E-state index is 13.4. The Hall–Kier alpha value is -1.94. The van der Waals surface area contributed by atoms with Crippen LogP contribution in [0.5, 0.6) is 5.75 Å². The Labute approximate surface area is 148 Å². The van der Waals surface area contributed by atoms with Crippen LogP contribution in [0.25, 0.3) is 0 Å². The quantitative estimate of drug-likeness (QED) is 0.689. The molecule has 134 valence electrons. The Morgan fingerprint density at radius 2 is 1.80 bits per heavy atom. The molecule has 1 saturated heterocycles. The molecule has 0 bridgehead atoms. The predicted molar refractivity (Wildman–Crippen MR) is 96.1 cm³/mol. The second-order valence-electron chi connectivity index (χ2n) is 6.76. The summed E-state index contributed by atoms with van der Waals surface area (Å²) in [5, 5.41) is 0. The maximum absolute atomic E-state index is 13.4. The average Bonchev–Trinajstić information content (AvgIpc) is 2.63. The van der Waals surface area contributed by atoms with Crippen LogP contribution in [-0.4, -0.2) is 31.1 Å². The van der Waals surface area contributed by atoms with Gasteiger partial charge in [0.25, 0.3) is 0 Å². The van der Waals surface area contributed by atoms with Crippen molar-refractivity contribution < 1.29 is 13.5 Å². The second-order valence-corrected chi connectivity index (χ2v) is 6.76. The van der Waals surface area contributed by atoms with Crippen LogP contribution in [-0.2, 0) is 0 Å². The molecule has 2 aromatic rings. The third-order valence-electron chi connectivity index (χ3n) is 4.97. The molecule has 0 N–H and O–H groups in total. The van der Waals surface area contributed by atoms with Gasteiger partial charge in [-0.15, -0.1) is 0 Å². The van der Waals surface area contributed by atoms with E-state index in [0.29, 0.717) is 12.5 Å². The van der Waals surface area contributed by atoms with Crippen LogP contribution in [0, 0.1) is 18.6 Å². The molecule has 2 aromatic carbocycles. The van der Waals surface area contributed by atoms with Gasteiger partial charge in [-0.3, -0.25) is 0 Å². The number of hydrogen-bond donors (Lipinski definition) is 0. The molecule has 0 aliphatic carbocycles. The molecule has 0 atom stereocenters. The number of halogens is 2. The van der Waals surface area contributed by atoms with E-state index in [4.69, 9.17) is 4.74 Å². The van der Waals surface area contributed by atoms with E-state index in [1.807, 2.05) is 18.2 Å². The first kappa shape index (κ1) is 17.9. The zero-order valence-corrected chi connectivity index (χ0v) is 14.7. The van der Waals surface area contributed by atoms with Crippen molar-refractivity contribution in [2.24, 2.45) is 0 Å². The van der Waals surface area contributed by atoms with Gasteiger partial charge in [-0.2, -0.15) is 0 Å². The normalized spacial score (nSPS) is 16.1. The first-order chi connectivity index (χ1) is 12.1. The third kappa shape index (κ3) is 4.79. The van der Waals surface area contributed by atoms with Gasteiger partial charge in [-0.1, -0.05) is 24.3 Å². The number of aryl methyl sites for hydroxylation is 1. The van der Waals surface area contributed by atoms with Gasteiger partial charge in [-0.05, 0) is 74.5 Å². The smallest absolute Gasteiger partial charge is 0.159 e. The fraction of sp³-hybridized carbons (Fsp3) is 0.429. The van der Waals surface area contributed by atoms with Crippen LogP contribution in [0.1, 0.15) is 36.3 Å². The Kier molecular flexibility index (Phi) is 6.03. The van der Waals surface area contributed by atoms with E-state index in [0.717, 1.165) is 55.8 Å². The number of likely N-dealkylation sites (tertiary alicyclic amines) is 1. The molecule has 1 aliphatic heterocycles. The van der Waals surface area contributed by atoms with Crippen molar-refractivity contribution >= 4 is 0 Å². The Morgan fingerprint density at radius 3 is 2.52 bits per heavy atom. The summed E-state index contributed by atoms with van der Waals surface area (Å²) in [6, 6.07) is 12.4. The highest BCUT2D eigenvalue weighted by atomic mass is 19.2. The second kappa shape index (κ2) is 8.43. The van der Waals surface area contributed by atoms with Crippen molar-refractivity contribution in [2.75, 3.05) is 26.2 Å². The number of piperidine rings is 1. The molecule has 1 aliphatic rings. The maximum Gasteiger partial charge on any atom is 0.159 e. The molecule has 0 unspecified atom stereocenters. The summed E-state index contributed by atoms with van der Waals surface area (Å²) < 4.78 is 32.3. The first-order valence-electron chi connectivity index (χ1n) is 8.99. The van der Waals surface area contributed by atoms with E-state index in [1.54, 1.807) is 6.07 Å². The Balaban J connectivity index is 1.39. The summed E-state index contributed by atoms with van der Waals surface area (Å²) in [4.78, 5) is 2.43. The lowest BCUT2D eigenvalue weighted by Gasteiger charge is -2.32. The topological polar surface area (TPSA) is 12.5 Å². The number of nitrogens with zero attached hydrogens (tertiary/aromatic N) is 1. The van der Waals surface area contributed by atoms with E-state index in [-0.39, 0.29) is 0 Å². The molecule has 2 nitrogen and oxygen atoms in total. The molecule has 1 heterocycles. The standard InChI is InChI=1S/C21H25F2NO/c1-16-5-2-3-6-21(16)25-14-4-11-24-12-9-17(10-13-24)18-7-8-19(22)20(23)15-18/h2-3,5-8,15,17H,4,9-14H2,1H3.